The predicted molar refractivity (Wildman–Crippen MR) is 53.9 cm³/mol. The van der Waals surface area contributed by atoms with Crippen LogP contribution in [-0.2, 0) is 4.74 Å². The predicted octanol–water partition coefficient (Wildman–Crippen LogP) is 2.42. The van der Waals surface area contributed by atoms with E-state index >= 15 is 0 Å². The first kappa shape index (κ1) is 9.46. The molecule has 1 aliphatic heterocycles. The van der Waals surface area contributed by atoms with E-state index in [1.54, 1.807) is 6.07 Å². The molecule has 0 aromatic heterocycles. The van der Waals surface area contributed by atoms with Crippen molar-refractivity contribution in [2.24, 2.45) is 0 Å². The van der Waals surface area contributed by atoms with Crippen LogP contribution in [0.1, 0.15) is 12.8 Å². The third-order valence-electron chi connectivity index (χ3n) is 2.36. The molecule has 1 atom stereocenters. The van der Waals surface area contributed by atoms with Gasteiger partial charge in [-0.1, -0.05) is 6.07 Å². The topological polar surface area (TPSA) is 21.3 Å². The normalized spacial score (nSPS) is 21.9. The molecule has 1 fully saturated rings. The molecule has 0 spiro atoms. The molecule has 1 aromatic carbocycles. The fraction of sp³-hybridized carbons (Fsp3) is 0.455. The van der Waals surface area contributed by atoms with E-state index in [0.717, 1.165) is 31.7 Å². The Bertz CT molecular complexity index is 297. The first-order valence-electron chi connectivity index (χ1n) is 4.94. The molecule has 0 saturated carbocycles. The van der Waals surface area contributed by atoms with E-state index in [1.165, 1.54) is 12.1 Å². The summed E-state index contributed by atoms with van der Waals surface area (Å²) in [5.74, 6) is -0.202. The van der Waals surface area contributed by atoms with Gasteiger partial charge < -0.3 is 10.1 Å². The standard InChI is InChI=1S/C11H14FNO/c12-9-3-1-4-10(7-9)13-11-5-2-6-14-8-11/h1,3-4,7,11,13H,2,5-6,8H2. The summed E-state index contributed by atoms with van der Waals surface area (Å²) in [4.78, 5) is 0. The third kappa shape index (κ3) is 2.45. The Morgan fingerprint density at radius 1 is 1.43 bits per heavy atom. The minimum absolute atomic E-state index is 0.202. The number of ether oxygens (including phenoxy) is 1. The lowest BCUT2D eigenvalue weighted by atomic mass is 10.1. The van der Waals surface area contributed by atoms with E-state index in [2.05, 4.69) is 5.32 Å². The Balaban J connectivity index is 1.95. The van der Waals surface area contributed by atoms with Gasteiger partial charge in [0.15, 0.2) is 0 Å². The highest BCUT2D eigenvalue weighted by atomic mass is 19.1. The van der Waals surface area contributed by atoms with Crippen molar-refractivity contribution in [3.05, 3.63) is 30.1 Å². The van der Waals surface area contributed by atoms with Gasteiger partial charge in [-0.3, -0.25) is 0 Å². The highest BCUT2D eigenvalue weighted by Crippen LogP contribution is 2.15. The van der Waals surface area contributed by atoms with Crippen molar-refractivity contribution in [2.75, 3.05) is 18.5 Å². The third-order valence-corrected chi connectivity index (χ3v) is 2.36. The van der Waals surface area contributed by atoms with Crippen molar-refractivity contribution >= 4 is 5.69 Å². The molecule has 1 unspecified atom stereocenters. The maximum Gasteiger partial charge on any atom is 0.125 e. The summed E-state index contributed by atoms with van der Waals surface area (Å²) in [5, 5.41) is 3.26. The van der Waals surface area contributed by atoms with Gasteiger partial charge >= 0.3 is 0 Å². The Hall–Kier alpha value is -1.09. The van der Waals surface area contributed by atoms with Gasteiger partial charge in [-0.25, -0.2) is 4.39 Å². The van der Waals surface area contributed by atoms with Crippen LogP contribution >= 0.6 is 0 Å². The highest BCUT2D eigenvalue weighted by Gasteiger charge is 2.13. The van der Waals surface area contributed by atoms with Crippen LogP contribution in [0.25, 0.3) is 0 Å². The Kier molecular flexibility index (Phi) is 2.99. The van der Waals surface area contributed by atoms with Crippen LogP contribution in [0.5, 0.6) is 0 Å². The van der Waals surface area contributed by atoms with Gasteiger partial charge in [0.05, 0.1) is 6.61 Å². The van der Waals surface area contributed by atoms with Gasteiger partial charge in [0.25, 0.3) is 0 Å². The number of anilines is 1. The van der Waals surface area contributed by atoms with Gasteiger partial charge in [0.1, 0.15) is 5.82 Å². The lowest BCUT2D eigenvalue weighted by Crippen LogP contribution is -2.29. The molecule has 14 heavy (non-hydrogen) atoms. The largest absolute Gasteiger partial charge is 0.380 e. The summed E-state index contributed by atoms with van der Waals surface area (Å²) in [6, 6.07) is 6.86. The highest BCUT2D eigenvalue weighted by molar-refractivity contribution is 5.44. The molecular weight excluding hydrogens is 181 g/mol. The number of hydrogen-bond acceptors (Lipinski definition) is 2. The Morgan fingerprint density at radius 2 is 2.36 bits per heavy atom. The van der Waals surface area contributed by atoms with Crippen LogP contribution in [0.15, 0.2) is 24.3 Å². The van der Waals surface area contributed by atoms with Crippen LogP contribution in [0.2, 0.25) is 0 Å². The summed E-state index contributed by atoms with van der Waals surface area (Å²) in [5.41, 5.74) is 0.834. The van der Waals surface area contributed by atoms with E-state index in [1.807, 2.05) is 6.07 Å². The van der Waals surface area contributed by atoms with Crippen molar-refractivity contribution in [3.63, 3.8) is 0 Å². The number of halogens is 1. The molecule has 1 saturated heterocycles. The van der Waals surface area contributed by atoms with Gasteiger partial charge in [0.2, 0.25) is 0 Å². The maximum absolute atomic E-state index is 12.9. The molecule has 1 N–H and O–H groups in total. The lowest BCUT2D eigenvalue weighted by Gasteiger charge is -2.24. The van der Waals surface area contributed by atoms with E-state index < -0.39 is 0 Å². The number of hydrogen-bond donors (Lipinski definition) is 1. The molecule has 3 heteroatoms. The summed E-state index contributed by atoms with van der Waals surface area (Å²) < 4.78 is 18.2. The van der Waals surface area contributed by atoms with Crippen molar-refractivity contribution in [1.29, 1.82) is 0 Å². The minimum atomic E-state index is -0.202. The van der Waals surface area contributed by atoms with Gasteiger partial charge in [-0.15, -0.1) is 0 Å². The number of benzene rings is 1. The van der Waals surface area contributed by atoms with Crippen molar-refractivity contribution in [3.8, 4) is 0 Å². The zero-order chi connectivity index (χ0) is 9.80. The molecule has 2 rings (SSSR count). The average Bonchev–Trinajstić information content (AvgIpc) is 2.19. The zero-order valence-corrected chi connectivity index (χ0v) is 8.00. The van der Waals surface area contributed by atoms with Crippen LogP contribution in [0, 0.1) is 5.82 Å². The fourth-order valence-corrected chi connectivity index (χ4v) is 1.67. The molecular formula is C11H14FNO. The van der Waals surface area contributed by atoms with E-state index in [-0.39, 0.29) is 5.82 Å². The molecule has 0 amide bonds. The molecule has 1 heterocycles. The summed E-state index contributed by atoms with van der Waals surface area (Å²) in [6.45, 7) is 1.57. The molecule has 0 bridgehead atoms. The lowest BCUT2D eigenvalue weighted by molar-refractivity contribution is 0.0876. The molecule has 1 aliphatic rings. The van der Waals surface area contributed by atoms with E-state index in [9.17, 15) is 4.39 Å². The molecule has 0 aliphatic carbocycles. The number of nitrogens with one attached hydrogen (secondary N) is 1. The first-order valence-corrected chi connectivity index (χ1v) is 4.94. The van der Waals surface area contributed by atoms with Crippen LogP contribution in [0.4, 0.5) is 10.1 Å². The zero-order valence-electron chi connectivity index (χ0n) is 8.00. The van der Waals surface area contributed by atoms with Gasteiger partial charge in [0, 0.05) is 18.3 Å². The Labute approximate surface area is 83.1 Å². The SMILES string of the molecule is Fc1cccc(NC2CCCOC2)c1. The van der Waals surface area contributed by atoms with Crippen LogP contribution < -0.4 is 5.32 Å². The van der Waals surface area contributed by atoms with Crippen LogP contribution in [-0.4, -0.2) is 19.3 Å². The van der Waals surface area contributed by atoms with Crippen molar-refractivity contribution < 1.29 is 9.13 Å². The quantitative estimate of drug-likeness (QED) is 0.782. The van der Waals surface area contributed by atoms with Crippen LogP contribution in [0.3, 0.4) is 0 Å². The first-order chi connectivity index (χ1) is 6.84. The maximum atomic E-state index is 12.9. The molecule has 1 aromatic rings. The molecule has 76 valence electrons. The average molecular weight is 195 g/mol. The van der Waals surface area contributed by atoms with E-state index in [0.29, 0.717) is 6.04 Å². The second-order valence-corrected chi connectivity index (χ2v) is 3.57. The minimum Gasteiger partial charge on any atom is -0.380 e. The Morgan fingerprint density at radius 3 is 3.07 bits per heavy atom. The molecule has 0 radical (unpaired) electrons. The molecule has 2 nitrogen and oxygen atoms in total. The van der Waals surface area contributed by atoms with Crippen molar-refractivity contribution in [1.82, 2.24) is 0 Å². The number of rotatable bonds is 2. The second kappa shape index (κ2) is 4.42. The second-order valence-electron chi connectivity index (χ2n) is 3.57. The van der Waals surface area contributed by atoms with E-state index in [4.69, 9.17) is 4.74 Å². The monoisotopic (exact) mass is 195 g/mol. The van der Waals surface area contributed by atoms with Gasteiger partial charge in [-0.2, -0.15) is 0 Å². The summed E-state index contributed by atoms with van der Waals surface area (Å²) >= 11 is 0. The van der Waals surface area contributed by atoms with Gasteiger partial charge in [-0.05, 0) is 31.0 Å². The fourth-order valence-electron chi connectivity index (χ4n) is 1.67. The smallest absolute Gasteiger partial charge is 0.125 e. The summed E-state index contributed by atoms with van der Waals surface area (Å²) in [6.07, 6.45) is 2.17. The summed E-state index contributed by atoms with van der Waals surface area (Å²) in [7, 11) is 0. The van der Waals surface area contributed by atoms with Crippen molar-refractivity contribution in [2.45, 2.75) is 18.9 Å².